The van der Waals surface area contributed by atoms with Crippen molar-refractivity contribution < 1.29 is 4.79 Å². The molecule has 7 heteroatoms. The molecule has 1 aromatic rings. The van der Waals surface area contributed by atoms with Crippen LogP contribution in [0.1, 0.15) is 43.3 Å². The predicted molar refractivity (Wildman–Crippen MR) is 95.2 cm³/mol. The average molecular weight is 366 g/mol. The van der Waals surface area contributed by atoms with Gasteiger partial charge in [0, 0.05) is 17.0 Å². The lowest BCUT2D eigenvalue weighted by Gasteiger charge is -2.35. The quantitative estimate of drug-likeness (QED) is 0.861. The molecule has 1 saturated heterocycles. The smallest absolute Gasteiger partial charge is 0.223 e. The zero-order chi connectivity index (χ0) is 14.2. The summed E-state index contributed by atoms with van der Waals surface area (Å²) < 4.78 is 0. The maximum absolute atomic E-state index is 12.6. The molecule has 1 aliphatic carbocycles. The van der Waals surface area contributed by atoms with Crippen LogP contribution in [-0.4, -0.2) is 24.0 Å². The molecule has 2 fully saturated rings. The van der Waals surface area contributed by atoms with Crippen molar-refractivity contribution in [2.45, 2.75) is 45.1 Å². The van der Waals surface area contributed by atoms with Gasteiger partial charge in [0.1, 0.15) is 5.01 Å². The summed E-state index contributed by atoms with van der Waals surface area (Å²) >= 11 is 1.69. The Balaban J connectivity index is 0.00000121. The van der Waals surface area contributed by atoms with E-state index < -0.39 is 0 Å². The number of hydrogen-bond donors (Lipinski definition) is 2. The number of thiazole rings is 1. The third-order valence-corrected chi connectivity index (χ3v) is 5.95. The second-order valence-electron chi connectivity index (χ2n) is 6.28. The van der Waals surface area contributed by atoms with Crippen molar-refractivity contribution in [2.24, 2.45) is 11.8 Å². The first-order valence-corrected chi connectivity index (χ1v) is 8.44. The van der Waals surface area contributed by atoms with Crippen molar-refractivity contribution in [3.05, 3.63) is 16.1 Å². The van der Waals surface area contributed by atoms with Gasteiger partial charge in [0.25, 0.3) is 0 Å². The number of hydrogen-bond acceptors (Lipinski definition) is 4. The Hall–Kier alpha value is -0.360. The third kappa shape index (κ3) is 3.75. The number of aryl methyl sites for hydroxylation is 1. The summed E-state index contributed by atoms with van der Waals surface area (Å²) in [4.78, 5) is 17.2. The number of nitrogens with zero attached hydrogens (tertiary/aromatic N) is 1. The molecule has 0 spiro atoms. The largest absolute Gasteiger partial charge is 0.344 e. The maximum Gasteiger partial charge on any atom is 0.223 e. The van der Waals surface area contributed by atoms with Crippen LogP contribution in [0.25, 0.3) is 0 Å². The summed E-state index contributed by atoms with van der Waals surface area (Å²) in [6, 6.07) is 0. The van der Waals surface area contributed by atoms with Gasteiger partial charge in [-0.1, -0.05) is 19.8 Å². The summed E-state index contributed by atoms with van der Waals surface area (Å²) in [5, 5.41) is 9.78. The van der Waals surface area contributed by atoms with Crippen molar-refractivity contribution >= 4 is 42.1 Å². The molecule has 1 amide bonds. The van der Waals surface area contributed by atoms with Gasteiger partial charge in [-0.3, -0.25) is 4.79 Å². The lowest BCUT2D eigenvalue weighted by Crippen LogP contribution is -2.53. The highest BCUT2D eigenvalue weighted by atomic mass is 35.5. The lowest BCUT2D eigenvalue weighted by molar-refractivity contribution is -0.128. The van der Waals surface area contributed by atoms with Crippen LogP contribution in [0.3, 0.4) is 0 Å². The maximum atomic E-state index is 12.6. The van der Waals surface area contributed by atoms with Gasteiger partial charge >= 0.3 is 0 Å². The molecule has 126 valence electrons. The molecule has 2 aliphatic rings. The molecule has 2 N–H and O–H groups in total. The SMILES string of the molecule is Cc1csc(C2(NC(=O)C(C)C3CNC3)CCCC2)n1.Cl.Cl. The standard InChI is InChI=1S/C15H23N3OS.2ClH/c1-10-9-20-14(17-10)15(5-3-4-6-15)18-13(19)11(2)12-7-16-8-12;;/h9,11-12,16H,3-8H2,1-2H3,(H,18,19);2*1H. The molecule has 22 heavy (non-hydrogen) atoms. The van der Waals surface area contributed by atoms with E-state index >= 15 is 0 Å². The number of halogens is 2. The fraction of sp³-hybridized carbons (Fsp3) is 0.733. The number of carbonyl (C=O) groups excluding carboxylic acids is 1. The predicted octanol–water partition coefficient (Wildman–Crippen LogP) is 3.04. The minimum absolute atomic E-state index is 0. The van der Waals surface area contributed by atoms with Gasteiger partial charge < -0.3 is 10.6 Å². The third-order valence-electron chi connectivity index (χ3n) is 4.78. The minimum atomic E-state index is -0.193. The van der Waals surface area contributed by atoms with Gasteiger partial charge in [0.05, 0.1) is 5.54 Å². The van der Waals surface area contributed by atoms with Crippen LogP contribution in [0.15, 0.2) is 5.38 Å². The van der Waals surface area contributed by atoms with Crippen LogP contribution >= 0.6 is 36.2 Å². The second-order valence-corrected chi connectivity index (χ2v) is 7.14. The van der Waals surface area contributed by atoms with Gasteiger partial charge in [-0.15, -0.1) is 36.2 Å². The fourth-order valence-electron chi connectivity index (χ4n) is 3.17. The van der Waals surface area contributed by atoms with Crippen LogP contribution in [0.5, 0.6) is 0 Å². The van der Waals surface area contributed by atoms with Crippen molar-refractivity contribution in [1.29, 1.82) is 0 Å². The Labute approximate surface area is 148 Å². The van der Waals surface area contributed by atoms with E-state index in [1.807, 2.05) is 6.92 Å². The number of carbonyl (C=O) groups is 1. The number of aromatic nitrogens is 1. The van der Waals surface area contributed by atoms with Crippen LogP contribution in [0.2, 0.25) is 0 Å². The highest BCUT2D eigenvalue weighted by Gasteiger charge is 2.41. The lowest BCUT2D eigenvalue weighted by atomic mass is 9.87. The molecule has 1 aromatic heterocycles. The van der Waals surface area contributed by atoms with Gasteiger partial charge in [-0.25, -0.2) is 4.98 Å². The number of rotatable bonds is 4. The van der Waals surface area contributed by atoms with Crippen LogP contribution in [0.4, 0.5) is 0 Å². The first kappa shape index (κ1) is 19.7. The molecule has 3 rings (SSSR count). The van der Waals surface area contributed by atoms with Crippen LogP contribution in [0, 0.1) is 18.8 Å². The topological polar surface area (TPSA) is 54.0 Å². The van der Waals surface area contributed by atoms with Crippen molar-refractivity contribution in [2.75, 3.05) is 13.1 Å². The van der Waals surface area contributed by atoms with Crippen molar-refractivity contribution in [3.63, 3.8) is 0 Å². The van der Waals surface area contributed by atoms with E-state index in [0.717, 1.165) is 36.6 Å². The molecule has 4 nitrogen and oxygen atoms in total. The Bertz CT molecular complexity index is 499. The first-order chi connectivity index (χ1) is 9.61. The number of amides is 1. The summed E-state index contributed by atoms with van der Waals surface area (Å²) in [5.74, 6) is 0.785. The normalized spacial score (nSPS) is 21.2. The highest BCUT2D eigenvalue weighted by Crippen LogP contribution is 2.40. The summed E-state index contributed by atoms with van der Waals surface area (Å²) in [7, 11) is 0. The van der Waals surface area contributed by atoms with E-state index in [9.17, 15) is 4.79 Å². The zero-order valence-electron chi connectivity index (χ0n) is 13.1. The first-order valence-electron chi connectivity index (χ1n) is 7.56. The molecule has 2 heterocycles. The fourth-order valence-corrected chi connectivity index (χ4v) is 4.19. The average Bonchev–Trinajstić information content (AvgIpc) is 2.96. The molecule has 0 radical (unpaired) electrons. The zero-order valence-corrected chi connectivity index (χ0v) is 15.5. The van der Waals surface area contributed by atoms with Gasteiger partial charge in [-0.2, -0.15) is 0 Å². The van der Waals surface area contributed by atoms with E-state index in [2.05, 4.69) is 27.9 Å². The van der Waals surface area contributed by atoms with E-state index in [4.69, 9.17) is 0 Å². The Morgan fingerprint density at radius 3 is 2.50 bits per heavy atom. The van der Waals surface area contributed by atoms with E-state index in [-0.39, 0.29) is 42.2 Å². The molecule has 0 bridgehead atoms. The van der Waals surface area contributed by atoms with Gasteiger partial charge in [-0.05, 0) is 38.8 Å². The summed E-state index contributed by atoms with van der Waals surface area (Å²) in [6.45, 7) is 6.01. The molecule has 0 aromatic carbocycles. The highest BCUT2D eigenvalue weighted by molar-refractivity contribution is 7.09. The monoisotopic (exact) mass is 365 g/mol. The van der Waals surface area contributed by atoms with E-state index in [0.29, 0.717) is 5.92 Å². The van der Waals surface area contributed by atoms with Crippen molar-refractivity contribution in [1.82, 2.24) is 15.6 Å². The molecule has 1 saturated carbocycles. The Morgan fingerprint density at radius 2 is 2.05 bits per heavy atom. The molecule has 1 aliphatic heterocycles. The minimum Gasteiger partial charge on any atom is -0.344 e. The van der Waals surface area contributed by atoms with Crippen LogP contribution < -0.4 is 10.6 Å². The van der Waals surface area contributed by atoms with E-state index in [1.165, 1.54) is 12.8 Å². The van der Waals surface area contributed by atoms with Crippen molar-refractivity contribution in [3.8, 4) is 0 Å². The Kier molecular flexibility index (Phi) is 7.12. The number of nitrogens with one attached hydrogen (secondary N) is 2. The Morgan fingerprint density at radius 1 is 1.41 bits per heavy atom. The second kappa shape index (κ2) is 7.95. The van der Waals surface area contributed by atoms with Crippen LogP contribution in [-0.2, 0) is 10.3 Å². The van der Waals surface area contributed by atoms with Gasteiger partial charge in [0.15, 0.2) is 0 Å². The summed E-state index contributed by atoms with van der Waals surface area (Å²) in [6.07, 6.45) is 4.42. The molecule has 1 atom stereocenters. The summed E-state index contributed by atoms with van der Waals surface area (Å²) in [5.41, 5.74) is 0.864. The molecular formula is C15H25Cl2N3OS. The van der Waals surface area contributed by atoms with E-state index in [1.54, 1.807) is 11.3 Å². The molecular weight excluding hydrogens is 341 g/mol. The molecule has 1 unspecified atom stereocenters. The van der Waals surface area contributed by atoms with Gasteiger partial charge in [0.2, 0.25) is 5.91 Å².